The summed E-state index contributed by atoms with van der Waals surface area (Å²) in [4.78, 5) is 0.790. The number of hydrogen-bond acceptors (Lipinski definition) is 2. The SMILES string of the molecule is CCNC1CCCCCCC1S(=O)c1ccc(Cl)c(Cl)c1. The number of hydrogen-bond donors (Lipinski definition) is 1. The first kappa shape index (κ1) is 17.3. The summed E-state index contributed by atoms with van der Waals surface area (Å²) >= 11 is 12.0. The Morgan fingerprint density at radius 3 is 2.52 bits per heavy atom. The zero-order valence-electron chi connectivity index (χ0n) is 12.4. The van der Waals surface area contributed by atoms with Crippen molar-refractivity contribution in [2.24, 2.45) is 0 Å². The van der Waals surface area contributed by atoms with E-state index < -0.39 is 10.8 Å². The van der Waals surface area contributed by atoms with E-state index in [0.717, 1.165) is 30.7 Å². The smallest absolute Gasteiger partial charge is 0.0604 e. The second-order valence-corrected chi connectivity index (χ2v) is 8.05. The van der Waals surface area contributed by atoms with Crippen molar-refractivity contribution >= 4 is 34.0 Å². The van der Waals surface area contributed by atoms with Gasteiger partial charge < -0.3 is 5.32 Å². The van der Waals surface area contributed by atoms with Gasteiger partial charge in [0.05, 0.1) is 26.1 Å². The molecule has 0 aliphatic heterocycles. The van der Waals surface area contributed by atoms with E-state index in [9.17, 15) is 4.21 Å². The van der Waals surface area contributed by atoms with E-state index in [4.69, 9.17) is 23.2 Å². The van der Waals surface area contributed by atoms with Gasteiger partial charge in [0.1, 0.15) is 0 Å². The van der Waals surface area contributed by atoms with E-state index in [1.807, 2.05) is 6.07 Å². The van der Waals surface area contributed by atoms with E-state index in [0.29, 0.717) is 16.1 Å². The first-order valence-corrected chi connectivity index (χ1v) is 9.69. The van der Waals surface area contributed by atoms with Crippen LogP contribution in [0.4, 0.5) is 0 Å². The van der Waals surface area contributed by atoms with Gasteiger partial charge in [-0.05, 0) is 37.6 Å². The molecular weight excluding hydrogens is 325 g/mol. The molecule has 118 valence electrons. The van der Waals surface area contributed by atoms with E-state index in [2.05, 4.69) is 12.2 Å². The van der Waals surface area contributed by atoms with E-state index in [1.54, 1.807) is 12.1 Å². The molecule has 2 nitrogen and oxygen atoms in total. The zero-order chi connectivity index (χ0) is 15.2. The molecule has 1 aromatic carbocycles. The number of rotatable bonds is 4. The number of halogens is 2. The molecular formula is C16H23Cl2NOS. The van der Waals surface area contributed by atoms with Gasteiger partial charge in [0.2, 0.25) is 0 Å². The van der Waals surface area contributed by atoms with Gasteiger partial charge in [-0.15, -0.1) is 0 Å². The van der Waals surface area contributed by atoms with Crippen LogP contribution < -0.4 is 5.32 Å². The van der Waals surface area contributed by atoms with Crippen molar-refractivity contribution in [1.29, 1.82) is 0 Å². The van der Waals surface area contributed by atoms with Crippen LogP contribution in [0.5, 0.6) is 0 Å². The van der Waals surface area contributed by atoms with Gasteiger partial charge in [-0.25, -0.2) is 0 Å². The van der Waals surface area contributed by atoms with Crippen molar-refractivity contribution in [3.63, 3.8) is 0 Å². The van der Waals surface area contributed by atoms with Crippen molar-refractivity contribution in [3.8, 4) is 0 Å². The van der Waals surface area contributed by atoms with Crippen LogP contribution in [-0.4, -0.2) is 22.0 Å². The van der Waals surface area contributed by atoms with Gasteiger partial charge in [0, 0.05) is 10.9 Å². The van der Waals surface area contributed by atoms with Gasteiger partial charge in [0.25, 0.3) is 0 Å². The molecule has 1 aromatic rings. The lowest BCUT2D eigenvalue weighted by Gasteiger charge is -2.29. The van der Waals surface area contributed by atoms with Crippen LogP contribution in [0.15, 0.2) is 23.1 Å². The van der Waals surface area contributed by atoms with Crippen LogP contribution in [0, 0.1) is 0 Å². The monoisotopic (exact) mass is 347 g/mol. The first-order valence-electron chi connectivity index (χ1n) is 7.72. The topological polar surface area (TPSA) is 29.1 Å². The van der Waals surface area contributed by atoms with Gasteiger partial charge in [-0.1, -0.05) is 55.8 Å². The van der Waals surface area contributed by atoms with Crippen LogP contribution in [0.3, 0.4) is 0 Å². The molecule has 2 rings (SSSR count). The van der Waals surface area contributed by atoms with Crippen molar-refractivity contribution in [1.82, 2.24) is 5.32 Å². The Bertz CT molecular complexity index is 495. The van der Waals surface area contributed by atoms with Gasteiger partial charge >= 0.3 is 0 Å². The lowest BCUT2D eigenvalue weighted by molar-refractivity contribution is 0.400. The van der Waals surface area contributed by atoms with Gasteiger partial charge in [-0.3, -0.25) is 4.21 Å². The lowest BCUT2D eigenvalue weighted by atomic mass is 9.96. The molecule has 0 heterocycles. The number of benzene rings is 1. The Morgan fingerprint density at radius 1 is 1.14 bits per heavy atom. The summed E-state index contributed by atoms with van der Waals surface area (Å²) in [5, 5.41) is 4.67. The molecule has 1 fully saturated rings. The molecule has 1 N–H and O–H groups in total. The summed E-state index contributed by atoms with van der Waals surface area (Å²) < 4.78 is 13.0. The number of nitrogens with one attached hydrogen (secondary N) is 1. The Labute approximate surface area is 140 Å². The van der Waals surface area contributed by atoms with Crippen molar-refractivity contribution in [2.45, 2.75) is 61.6 Å². The normalized spacial score (nSPS) is 25.1. The van der Waals surface area contributed by atoms with Crippen molar-refractivity contribution in [2.75, 3.05) is 6.54 Å². The second kappa shape index (κ2) is 8.52. The molecule has 0 saturated heterocycles. The third-order valence-electron chi connectivity index (χ3n) is 4.07. The molecule has 5 heteroatoms. The molecule has 3 unspecified atom stereocenters. The fourth-order valence-electron chi connectivity index (χ4n) is 2.98. The van der Waals surface area contributed by atoms with Crippen LogP contribution in [0.25, 0.3) is 0 Å². The minimum absolute atomic E-state index is 0.155. The minimum atomic E-state index is -1.04. The quantitative estimate of drug-likeness (QED) is 0.847. The molecule has 3 atom stereocenters. The maximum atomic E-state index is 13.0. The molecule has 1 saturated carbocycles. The molecule has 0 aromatic heterocycles. The van der Waals surface area contributed by atoms with Crippen molar-refractivity contribution < 1.29 is 4.21 Å². The third-order valence-corrected chi connectivity index (χ3v) is 6.64. The molecule has 0 amide bonds. The predicted octanol–water partition coefficient (Wildman–Crippen LogP) is 4.80. The molecule has 0 spiro atoms. The van der Waals surface area contributed by atoms with E-state index >= 15 is 0 Å². The zero-order valence-corrected chi connectivity index (χ0v) is 14.7. The summed E-state index contributed by atoms with van der Waals surface area (Å²) in [7, 11) is -1.04. The molecule has 1 aliphatic carbocycles. The van der Waals surface area contributed by atoms with E-state index in [-0.39, 0.29) is 5.25 Å². The lowest BCUT2D eigenvalue weighted by Crippen LogP contribution is -2.42. The van der Waals surface area contributed by atoms with Gasteiger partial charge in [0.15, 0.2) is 0 Å². The maximum absolute atomic E-state index is 13.0. The average Bonchev–Trinajstić information content (AvgIpc) is 2.44. The fourth-order valence-corrected chi connectivity index (χ4v) is 5.04. The summed E-state index contributed by atoms with van der Waals surface area (Å²) in [5.41, 5.74) is 0. The van der Waals surface area contributed by atoms with Crippen LogP contribution in [0.1, 0.15) is 45.4 Å². The maximum Gasteiger partial charge on any atom is 0.0604 e. The highest BCUT2D eigenvalue weighted by Crippen LogP contribution is 2.29. The predicted molar refractivity (Wildman–Crippen MR) is 91.8 cm³/mol. The average molecular weight is 348 g/mol. The van der Waals surface area contributed by atoms with Crippen LogP contribution in [-0.2, 0) is 10.8 Å². The van der Waals surface area contributed by atoms with Gasteiger partial charge in [-0.2, -0.15) is 0 Å². The standard InChI is InChI=1S/C16H23Cl2NOS/c1-2-19-15-7-5-3-4-6-8-16(15)21(20)12-9-10-13(17)14(18)11-12/h9-11,15-16,19H,2-8H2,1H3. The van der Waals surface area contributed by atoms with Crippen LogP contribution in [0.2, 0.25) is 10.0 Å². The minimum Gasteiger partial charge on any atom is -0.313 e. The Hall–Kier alpha value is -0.0900. The molecule has 21 heavy (non-hydrogen) atoms. The third kappa shape index (κ3) is 4.69. The summed E-state index contributed by atoms with van der Waals surface area (Å²) in [6, 6.07) is 5.65. The highest BCUT2D eigenvalue weighted by molar-refractivity contribution is 7.85. The molecule has 0 bridgehead atoms. The highest BCUT2D eigenvalue weighted by Gasteiger charge is 2.28. The molecule has 1 aliphatic rings. The first-order chi connectivity index (χ1) is 10.1. The highest BCUT2D eigenvalue weighted by atomic mass is 35.5. The van der Waals surface area contributed by atoms with E-state index in [1.165, 1.54) is 19.3 Å². The largest absolute Gasteiger partial charge is 0.313 e. The fraction of sp³-hybridized carbons (Fsp3) is 0.625. The van der Waals surface area contributed by atoms with Crippen molar-refractivity contribution in [3.05, 3.63) is 28.2 Å². The Morgan fingerprint density at radius 2 is 1.86 bits per heavy atom. The molecule has 0 radical (unpaired) electrons. The second-order valence-electron chi connectivity index (χ2n) is 5.57. The van der Waals surface area contributed by atoms with Crippen LogP contribution >= 0.6 is 23.2 Å². The summed E-state index contributed by atoms with van der Waals surface area (Å²) in [6.07, 6.45) is 7.00. The Balaban J connectivity index is 2.20. The summed E-state index contributed by atoms with van der Waals surface area (Å²) in [6.45, 7) is 3.03. The summed E-state index contributed by atoms with van der Waals surface area (Å²) in [5.74, 6) is 0. The Kier molecular flexibility index (Phi) is 7.00.